The second-order valence-corrected chi connectivity index (χ2v) is 6.15. The van der Waals surface area contributed by atoms with Crippen LogP contribution in [0.1, 0.15) is 19.3 Å². The zero-order valence-corrected chi connectivity index (χ0v) is 14.9. The van der Waals surface area contributed by atoms with Crippen molar-refractivity contribution in [2.75, 3.05) is 7.11 Å². The Bertz CT molecular complexity index is 768. The minimum atomic E-state index is -1.32. The Morgan fingerprint density at radius 1 is 1.30 bits per heavy atom. The average Bonchev–Trinajstić information content (AvgIpc) is 2.96. The van der Waals surface area contributed by atoms with Crippen LogP contribution in [-0.2, 0) is 28.8 Å². The van der Waals surface area contributed by atoms with Gasteiger partial charge in [-0.3, -0.25) is 24.5 Å². The molecule has 0 aromatic heterocycles. The topological polar surface area (TPSA) is 145 Å². The first-order valence-corrected chi connectivity index (χ1v) is 8.45. The molecule has 1 aliphatic heterocycles. The Kier molecular flexibility index (Phi) is 6.85. The molecule has 1 heterocycles. The fraction of sp³-hybridized carbons (Fsp3) is 0.333. The summed E-state index contributed by atoms with van der Waals surface area (Å²) in [4.78, 5) is 62.4. The van der Waals surface area contributed by atoms with Crippen molar-refractivity contribution in [1.29, 1.82) is 0 Å². The number of carbonyl (C=O) groups excluding carboxylic acids is 4. The molecule has 27 heavy (non-hydrogen) atoms. The number of hydrogen-bond donors (Lipinski definition) is 1. The van der Waals surface area contributed by atoms with Crippen LogP contribution in [0.2, 0.25) is 0 Å². The number of para-hydroxylation sites is 1. The van der Waals surface area contributed by atoms with Gasteiger partial charge in [-0.05, 0) is 18.0 Å². The molecule has 0 aliphatic carbocycles. The van der Waals surface area contributed by atoms with E-state index in [4.69, 9.17) is 4.84 Å². The molecule has 1 aromatic rings. The number of carbonyl (C=O) groups is 4. The highest BCUT2D eigenvalue weighted by Crippen LogP contribution is 2.27. The van der Waals surface area contributed by atoms with Crippen molar-refractivity contribution in [1.82, 2.24) is 9.79 Å². The molecule has 1 aromatic carbocycles. The van der Waals surface area contributed by atoms with Crippen molar-refractivity contribution in [3.63, 3.8) is 0 Å². The number of benzene rings is 1. The number of nitro groups is 1. The molecule has 144 valence electrons. The first-order chi connectivity index (χ1) is 12.8. The second kappa shape index (κ2) is 9.09. The number of hydrogen-bond acceptors (Lipinski definition) is 10. The lowest BCUT2D eigenvalue weighted by Gasteiger charge is -2.19. The Labute approximate surface area is 157 Å². The predicted octanol–water partition coefficient (Wildman–Crippen LogP) is 0.730. The van der Waals surface area contributed by atoms with Gasteiger partial charge < -0.3 is 9.57 Å². The second-order valence-electron chi connectivity index (χ2n) is 5.27. The van der Waals surface area contributed by atoms with Crippen molar-refractivity contribution in [3.8, 4) is 0 Å². The summed E-state index contributed by atoms with van der Waals surface area (Å²) in [5, 5.41) is 11.4. The molecule has 1 atom stereocenters. The summed E-state index contributed by atoms with van der Waals surface area (Å²) in [5.41, 5.74) is -0.204. The molecule has 0 saturated carbocycles. The Morgan fingerprint density at radius 3 is 2.52 bits per heavy atom. The molecular weight excluding hydrogens is 382 g/mol. The van der Waals surface area contributed by atoms with E-state index in [0.717, 1.165) is 19.1 Å². The van der Waals surface area contributed by atoms with Gasteiger partial charge in [0.1, 0.15) is 10.9 Å². The molecule has 1 fully saturated rings. The van der Waals surface area contributed by atoms with Gasteiger partial charge in [-0.25, -0.2) is 9.52 Å². The summed E-state index contributed by atoms with van der Waals surface area (Å²) in [5.74, 6) is -3.17. The van der Waals surface area contributed by atoms with Crippen LogP contribution in [0.4, 0.5) is 5.69 Å². The van der Waals surface area contributed by atoms with Gasteiger partial charge in [-0.2, -0.15) is 0 Å². The predicted molar refractivity (Wildman–Crippen MR) is 89.7 cm³/mol. The van der Waals surface area contributed by atoms with E-state index in [1.165, 1.54) is 18.2 Å². The number of ether oxygens (including phenoxy) is 1. The quantitative estimate of drug-likeness (QED) is 0.219. The van der Waals surface area contributed by atoms with E-state index in [-0.39, 0.29) is 23.4 Å². The van der Waals surface area contributed by atoms with Crippen LogP contribution in [0.3, 0.4) is 0 Å². The summed E-state index contributed by atoms with van der Waals surface area (Å²) in [6.45, 7) is 0. The maximum Gasteiger partial charge on any atom is 0.351 e. The fourth-order valence-electron chi connectivity index (χ4n) is 2.06. The molecule has 0 bridgehead atoms. The fourth-order valence-corrected chi connectivity index (χ4v) is 2.91. The molecule has 2 rings (SSSR count). The van der Waals surface area contributed by atoms with Gasteiger partial charge >= 0.3 is 11.9 Å². The summed E-state index contributed by atoms with van der Waals surface area (Å²) >= 11 is 0.735. The molecule has 11 nitrogen and oxygen atoms in total. The van der Waals surface area contributed by atoms with Gasteiger partial charge in [0.2, 0.25) is 0 Å². The van der Waals surface area contributed by atoms with Crippen molar-refractivity contribution >= 4 is 41.4 Å². The van der Waals surface area contributed by atoms with E-state index < -0.39 is 41.1 Å². The van der Waals surface area contributed by atoms with Crippen molar-refractivity contribution in [2.45, 2.75) is 30.2 Å². The molecule has 1 N–H and O–H groups in total. The van der Waals surface area contributed by atoms with E-state index in [9.17, 15) is 29.3 Å². The summed E-state index contributed by atoms with van der Waals surface area (Å²) < 4.78 is 7.09. The highest BCUT2D eigenvalue weighted by molar-refractivity contribution is 7.97. The van der Waals surface area contributed by atoms with Gasteiger partial charge in [0.25, 0.3) is 17.5 Å². The van der Waals surface area contributed by atoms with Crippen LogP contribution in [0, 0.1) is 10.1 Å². The largest absolute Gasteiger partial charge is 0.469 e. The highest BCUT2D eigenvalue weighted by atomic mass is 32.2. The van der Waals surface area contributed by atoms with E-state index in [0.29, 0.717) is 5.06 Å². The SMILES string of the molecule is COC(=O)C[C@@H](NSc1ccccc1[N+](=O)[O-])C(=O)ON1C(=O)CCC1=O. The third kappa shape index (κ3) is 5.24. The van der Waals surface area contributed by atoms with Crippen LogP contribution < -0.4 is 4.72 Å². The normalized spacial score (nSPS) is 14.8. The van der Waals surface area contributed by atoms with Crippen LogP contribution in [-0.4, -0.2) is 46.9 Å². The average molecular weight is 397 g/mol. The van der Waals surface area contributed by atoms with Crippen molar-refractivity contribution in [2.24, 2.45) is 0 Å². The number of nitro benzene ring substituents is 1. The van der Waals surface area contributed by atoms with Crippen molar-refractivity contribution in [3.05, 3.63) is 34.4 Å². The molecule has 2 amide bonds. The standard InChI is InChI=1S/C15H15N3O8S/c1-25-14(21)8-9(15(22)26-17-12(19)6-7-13(17)20)16-27-11-5-3-2-4-10(11)18(23)24/h2-5,9,16H,6-8H2,1H3/t9-/m1/s1. The van der Waals surface area contributed by atoms with Crippen LogP contribution in [0.5, 0.6) is 0 Å². The third-order valence-electron chi connectivity index (χ3n) is 3.44. The van der Waals surface area contributed by atoms with E-state index in [2.05, 4.69) is 9.46 Å². The number of nitrogens with zero attached hydrogens (tertiary/aromatic N) is 2. The monoisotopic (exact) mass is 397 g/mol. The first-order valence-electron chi connectivity index (χ1n) is 7.63. The van der Waals surface area contributed by atoms with Crippen LogP contribution in [0.15, 0.2) is 29.2 Å². The van der Waals surface area contributed by atoms with Crippen LogP contribution in [0.25, 0.3) is 0 Å². The zero-order valence-electron chi connectivity index (χ0n) is 14.1. The van der Waals surface area contributed by atoms with E-state index in [1.54, 1.807) is 6.07 Å². The molecule has 1 saturated heterocycles. The summed E-state index contributed by atoms with van der Waals surface area (Å²) in [6.07, 6.45) is -0.627. The van der Waals surface area contributed by atoms with E-state index in [1.807, 2.05) is 0 Å². The minimum absolute atomic E-state index is 0.0772. The minimum Gasteiger partial charge on any atom is -0.469 e. The lowest BCUT2D eigenvalue weighted by Crippen LogP contribution is -2.42. The number of amides is 2. The molecule has 12 heteroatoms. The maximum absolute atomic E-state index is 12.3. The van der Waals surface area contributed by atoms with Gasteiger partial charge in [0.15, 0.2) is 0 Å². The Morgan fingerprint density at radius 2 is 1.93 bits per heavy atom. The molecule has 1 aliphatic rings. The highest BCUT2D eigenvalue weighted by Gasteiger charge is 2.35. The Hall–Kier alpha value is -2.99. The lowest BCUT2D eigenvalue weighted by atomic mass is 10.2. The molecule has 0 radical (unpaired) electrons. The number of rotatable bonds is 8. The third-order valence-corrected chi connectivity index (χ3v) is 4.41. The van der Waals surface area contributed by atoms with Crippen molar-refractivity contribution < 1.29 is 33.7 Å². The zero-order chi connectivity index (χ0) is 20.0. The van der Waals surface area contributed by atoms with Gasteiger partial charge in [0.05, 0.1) is 18.5 Å². The van der Waals surface area contributed by atoms with E-state index >= 15 is 0 Å². The molecule has 0 unspecified atom stereocenters. The van der Waals surface area contributed by atoms with Gasteiger partial charge in [-0.1, -0.05) is 12.1 Å². The number of imide groups is 1. The van der Waals surface area contributed by atoms with Gasteiger partial charge in [-0.15, -0.1) is 5.06 Å². The van der Waals surface area contributed by atoms with Crippen LogP contribution >= 0.6 is 11.9 Å². The van der Waals surface area contributed by atoms with Gasteiger partial charge in [0, 0.05) is 18.9 Å². The smallest absolute Gasteiger partial charge is 0.351 e. The molecule has 0 spiro atoms. The first kappa shape index (κ1) is 20.3. The summed E-state index contributed by atoms with van der Waals surface area (Å²) in [6, 6.07) is 4.45. The number of methoxy groups -OCH3 is 1. The number of hydroxylamine groups is 2. The maximum atomic E-state index is 12.3. The number of nitrogens with one attached hydrogen (secondary N) is 1. The summed E-state index contributed by atoms with van der Waals surface area (Å²) in [7, 11) is 1.12. The Balaban J connectivity index is 2.11. The lowest BCUT2D eigenvalue weighted by molar-refractivity contribution is -0.387. The number of esters is 1. The molecular formula is C15H15N3O8S.